The third-order valence-electron chi connectivity index (χ3n) is 3.77. The van der Waals surface area contributed by atoms with Crippen LogP contribution in [0.3, 0.4) is 0 Å². The van der Waals surface area contributed by atoms with Crippen molar-refractivity contribution in [2.75, 3.05) is 5.73 Å². The van der Waals surface area contributed by atoms with Gasteiger partial charge in [-0.25, -0.2) is 4.98 Å². The van der Waals surface area contributed by atoms with Crippen LogP contribution in [0.2, 0.25) is 0 Å². The van der Waals surface area contributed by atoms with Gasteiger partial charge in [-0.3, -0.25) is 4.40 Å². The standard InChI is InChI=1S/C16H19N3S/c1-5-13-11(4)20-16-18-14(15(17)19(13)16)12-7-6-9(2)8-10(12)3/h6-8H,5,17H2,1-4H3. The molecule has 1 aromatic carbocycles. The summed E-state index contributed by atoms with van der Waals surface area (Å²) < 4.78 is 2.11. The van der Waals surface area contributed by atoms with Gasteiger partial charge in [0.25, 0.3) is 0 Å². The van der Waals surface area contributed by atoms with E-state index in [4.69, 9.17) is 10.7 Å². The van der Waals surface area contributed by atoms with Crippen molar-refractivity contribution >= 4 is 22.1 Å². The minimum atomic E-state index is 0.758. The van der Waals surface area contributed by atoms with E-state index in [0.29, 0.717) is 0 Å². The average molecular weight is 285 g/mol. The van der Waals surface area contributed by atoms with Gasteiger partial charge in [0.2, 0.25) is 0 Å². The van der Waals surface area contributed by atoms with Crippen LogP contribution >= 0.6 is 11.3 Å². The van der Waals surface area contributed by atoms with E-state index in [2.05, 4.69) is 50.3 Å². The topological polar surface area (TPSA) is 43.3 Å². The molecule has 0 fully saturated rings. The highest BCUT2D eigenvalue weighted by Gasteiger charge is 2.18. The van der Waals surface area contributed by atoms with Crippen LogP contribution in [-0.4, -0.2) is 9.38 Å². The van der Waals surface area contributed by atoms with Gasteiger partial charge in [0.05, 0.1) is 0 Å². The lowest BCUT2D eigenvalue weighted by Gasteiger charge is -2.06. The Morgan fingerprint density at radius 1 is 1.25 bits per heavy atom. The van der Waals surface area contributed by atoms with Crippen molar-refractivity contribution in [2.24, 2.45) is 0 Å². The number of imidazole rings is 1. The van der Waals surface area contributed by atoms with E-state index >= 15 is 0 Å². The Morgan fingerprint density at radius 3 is 2.65 bits per heavy atom. The molecule has 20 heavy (non-hydrogen) atoms. The molecule has 2 aromatic heterocycles. The van der Waals surface area contributed by atoms with Crippen LogP contribution in [0.15, 0.2) is 18.2 Å². The molecule has 0 spiro atoms. The molecule has 3 aromatic rings. The van der Waals surface area contributed by atoms with E-state index in [0.717, 1.165) is 28.5 Å². The van der Waals surface area contributed by atoms with E-state index in [1.807, 2.05) is 0 Å². The zero-order valence-electron chi connectivity index (χ0n) is 12.3. The summed E-state index contributed by atoms with van der Waals surface area (Å²) in [5.41, 5.74) is 12.2. The number of nitrogens with zero attached hydrogens (tertiary/aromatic N) is 2. The van der Waals surface area contributed by atoms with Crippen molar-refractivity contribution in [3.8, 4) is 11.3 Å². The number of aryl methyl sites for hydroxylation is 4. The molecule has 2 N–H and O–H groups in total. The molecule has 3 rings (SSSR count). The molecule has 104 valence electrons. The summed E-state index contributed by atoms with van der Waals surface area (Å²) in [5, 5.41) is 0. The van der Waals surface area contributed by atoms with E-state index in [1.54, 1.807) is 11.3 Å². The van der Waals surface area contributed by atoms with Crippen molar-refractivity contribution in [3.05, 3.63) is 39.9 Å². The normalized spacial score (nSPS) is 11.4. The number of thiazole rings is 1. The molecule has 0 amide bonds. The molecule has 0 aliphatic carbocycles. The lowest BCUT2D eigenvalue weighted by molar-refractivity contribution is 0.994. The number of hydrogen-bond acceptors (Lipinski definition) is 3. The Morgan fingerprint density at radius 2 is 2.00 bits per heavy atom. The third kappa shape index (κ3) is 1.83. The summed E-state index contributed by atoms with van der Waals surface area (Å²) in [6.45, 7) is 8.50. The van der Waals surface area contributed by atoms with E-state index < -0.39 is 0 Å². The highest BCUT2D eigenvalue weighted by molar-refractivity contribution is 7.17. The molecule has 0 saturated heterocycles. The van der Waals surface area contributed by atoms with Gasteiger partial charge < -0.3 is 5.73 Å². The molecule has 2 heterocycles. The minimum absolute atomic E-state index is 0.758. The molecule has 3 nitrogen and oxygen atoms in total. The Hall–Kier alpha value is -1.81. The van der Waals surface area contributed by atoms with E-state index in [9.17, 15) is 0 Å². The highest BCUT2D eigenvalue weighted by atomic mass is 32.1. The summed E-state index contributed by atoms with van der Waals surface area (Å²) >= 11 is 1.71. The van der Waals surface area contributed by atoms with Crippen molar-refractivity contribution in [1.82, 2.24) is 9.38 Å². The van der Waals surface area contributed by atoms with Crippen molar-refractivity contribution in [2.45, 2.75) is 34.1 Å². The Bertz CT molecular complexity index is 796. The first-order chi connectivity index (χ1) is 9.52. The Kier molecular flexibility index (Phi) is 3.05. The molecule has 0 atom stereocenters. The van der Waals surface area contributed by atoms with Gasteiger partial charge in [-0.05, 0) is 32.8 Å². The van der Waals surface area contributed by atoms with Crippen LogP contribution in [0.5, 0.6) is 0 Å². The van der Waals surface area contributed by atoms with Gasteiger partial charge in [-0.15, -0.1) is 11.3 Å². The lowest BCUT2D eigenvalue weighted by atomic mass is 10.0. The summed E-state index contributed by atoms with van der Waals surface area (Å²) in [4.78, 5) is 7.05. The van der Waals surface area contributed by atoms with Gasteiger partial charge in [-0.1, -0.05) is 30.7 Å². The summed E-state index contributed by atoms with van der Waals surface area (Å²) in [5.74, 6) is 0.758. The smallest absolute Gasteiger partial charge is 0.196 e. The Balaban J connectivity index is 2.27. The fourth-order valence-corrected chi connectivity index (χ4v) is 3.84. The first-order valence-corrected chi connectivity index (χ1v) is 7.68. The lowest BCUT2D eigenvalue weighted by Crippen LogP contribution is -1.98. The number of anilines is 1. The van der Waals surface area contributed by atoms with Gasteiger partial charge in [0, 0.05) is 16.1 Å². The van der Waals surface area contributed by atoms with Gasteiger partial charge in [0.1, 0.15) is 11.5 Å². The first-order valence-electron chi connectivity index (χ1n) is 6.86. The number of aromatic nitrogens is 2. The van der Waals surface area contributed by atoms with Crippen LogP contribution in [0, 0.1) is 20.8 Å². The number of benzene rings is 1. The van der Waals surface area contributed by atoms with Crippen LogP contribution in [0.4, 0.5) is 5.82 Å². The van der Waals surface area contributed by atoms with Crippen molar-refractivity contribution < 1.29 is 0 Å². The third-order valence-corrected chi connectivity index (χ3v) is 4.77. The molecule has 4 heteroatoms. The summed E-state index contributed by atoms with van der Waals surface area (Å²) in [6.07, 6.45) is 0.971. The summed E-state index contributed by atoms with van der Waals surface area (Å²) in [7, 11) is 0. The molecule has 0 saturated carbocycles. The Labute approximate surface area is 123 Å². The second-order valence-electron chi connectivity index (χ2n) is 5.24. The predicted octanol–water partition coefficient (Wildman–Crippen LogP) is 4.13. The zero-order chi connectivity index (χ0) is 14.4. The maximum Gasteiger partial charge on any atom is 0.196 e. The zero-order valence-corrected chi connectivity index (χ0v) is 13.1. The molecule has 0 radical (unpaired) electrons. The number of nitrogen functional groups attached to an aromatic ring is 1. The maximum absolute atomic E-state index is 6.37. The number of nitrogens with two attached hydrogens (primary N) is 1. The van der Waals surface area contributed by atoms with Crippen LogP contribution < -0.4 is 5.73 Å². The van der Waals surface area contributed by atoms with Crippen LogP contribution in [0.1, 0.15) is 28.6 Å². The van der Waals surface area contributed by atoms with Crippen LogP contribution in [0.25, 0.3) is 16.2 Å². The molecule has 0 aliphatic heterocycles. The van der Waals surface area contributed by atoms with Crippen molar-refractivity contribution in [1.29, 1.82) is 0 Å². The predicted molar refractivity (Wildman–Crippen MR) is 86.5 cm³/mol. The highest BCUT2D eigenvalue weighted by Crippen LogP contribution is 2.34. The monoisotopic (exact) mass is 285 g/mol. The van der Waals surface area contributed by atoms with Gasteiger partial charge >= 0.3 is 0 Å². The number of fused-ring (bicyclic) bond motifs is 1. The minimum Gasteiger partial charge on any atom is -0.383 e. The summed E-state index contributed by atoms with van der Waals surface area (Å²) in [6, 6.07) is 6.40. The SMILES string of the molecule is CCc1c(C)sc2nc(-c3ccc(C)cc3C)c(N)n12. The fraction of sp³-hybridized carbons (Fsp3) is 0.312. The molecular weight excluding hydrogens is 266 g/mol. The molecular formula is C16H19N3S. The quantitative estimate of drug-likeness (QED) is 0.769. The molecule has 0 bridgehead atoms. The number of rotatable bonds is 2. The van der Waals surface area contributed by atoms with Gasteiger partial charge in [0.15, 0.2) is 4.96 Å². The second kappa shape index (κ2) is 4.63. The average Bonchev–Trinajstić information content (AvgIpc) is 2.86. The van der Waals surface area contributed by atoms with Crippen LogP contribution in [-0.2, 0) is 6.42 Å². The molecule has 0 aliphatic rings. The molecule has 0 unspecified atom stereocenters. The van der Waals surface area contributed by atoms with E-state index in [-0.39, 0.29) is 0 Å². The van der Waals surface area contributed by atoms with E-state index in [1.165, 1.54) is 21.7 Å². The fourth-order valence-electron chi connectivity index (χ4n) is 2.78. The second-order valence-corrected chi connectivity index (χ2v) is 6.42. The van der Waals surface area contributed by atoms with Crippen molar-refractivity contribution in [3.63, 3.8) is 0 Å². The van der Waals surface area contributed by atoms with Gasteiger partial charge in [-0.2, -0.15) is 0 Å². The first kappa shape index (κ1) is 13.2. The number of hydrogen-bond donors (Lipinski definition) is 1. The maximum atomic E-state index is 6.37. The largest absolute Gasteiger partial charge is 0.383 e.